The van der Waals surface area contributed by atoms with E-state index in [1.165, 1.54) is 0 Å². The molecule has 3 rings (SSSR count). The number of hydrogen-bond donors (Lipinski definition) is 2. The third-order valence-electron chi connectivity index (χ3n) is 4.25. The zero-order valence-electron chi connectivity index (χ0n) is 14.6. The molecule has 1 fully saturated rings. The third kappa shape index (κ3) is 4.59. The summed E-state index contributed by atoms with van der Waals surface area (Å²) < 4.78 is 0. The number of carbonyl (C=O) groups is 2. The Kier molecular flexibility index (Phi) is 5.03. The van der Waals surface area contributed by atoms with Crippen molar-refractivity contribution in [2.45, 2.75) is 19.4 Å². The van der Waals surface area contributed by atoms with E-state index in [2.05, 4.69) is 10.6 Å². The maximum Gasteiger partial charge on any atom is 0.251 e. The summed E-state index contributed by atoms with van der Waals surface area (Å²) in [6, 6.07) is 15.1. The van der Waals surface area contributed by atoms with E-state index in [4.69, 9.17) is 0 Å². The summed E-state index contributed by atoms with van der Waals surface area (Å²) in [5, 5.41) is 5.78. The lowest BCUT2D eigenvalue weighted by atomic mass is 10.1. The number of carbonyl (C=O) groups excluding carboxylic acids is 2. The van der Waals surface area contributed by atoms with Crippen molar-refractivity contribution in [2.75, 3.05) is 24.3 Å². The molecule has 1 aliphatic rings. The first kappa shape index (κ1) is 17.0. The summed E-state index contributed by atoms with van der Waals surface area (Å²) >= 11 is 0. The van der Waals surface area contributed by atoms with E-state index in [0.29, 0.717) is 17.8 Å². The summed E-state index contributed by atoms with van der Waals surface area (Å²) in [5.41, 5.74) is 3.37. The summed E-state index contributed by atoms with van der Waals surface area (Å²) in [7, 11) is 3.98. The van der Waals surface area contributed by atoms with E-state index in [1.807, 2.05) is 43.3 Å². The second-order valence-electron chi connectivity index (χ2n) is 6.59. The van der Waals surface area contributed by atoms with E-state index >= 15 is 0 Å². The van der Waals surface area contributed by atoms with Crippen molar-refractivity contribution in [1.29, 1.82) is 0 Å². The first-order valence-electron chi connectivity index (χ1n) is 8.48. The van der Waals surface area contributed by atoms with Gasteiger partial charge in [-0.1, -0.05) is 18.2 Å². The van der Waals surface area contributed by atoms with Crippen molar-refractivity contribution < 1.29 is 9.59 Å². The second kappa shape index (κ2) is 7.38. The number of hydrogen-bond acceptors (Lipinski definition) is 3. The molecule has 5 heteroatoms. The molecule has 0 aliphatic heterocycles. The molecule has 0 heterocycles. The van der Waals surface area contributed by atoms with Gasteiger partial charge in [0.25, 0.3) is 5.91 Å². The highest BCUT2D eigenvalue weighted by atomic mass is 16.2. The zero-order chi connectivity index (χ0) is 17.8. The molecule has 2 aromatic rings. The molecule has 0 saturated heterocycles. The van der Waals surface area contributed by atoms with Crippen molar-refractivity contribution >= 4 is 23.2 Å². The van der Waals surface area contributed by atoms with Gasteiger partial charge in [0, 0.05) is 43.5 Å². The van der Waals surface area contributed by atoms with Crippen molar-refractivity contribution in [2.24, 2.45) is 5.92 Å². The first-order chi connectivity index (χ1) is 12.0. The number of nitrogens with one attached hydrogen (secondary N) is 2. The maximum atomic E-state index is 12.3. The van der Waals surface area contributed by atoms with Crippen LogP contribution in [0.2, 0.25) is 0 Å². The second-order valence-corrected chi connectivity index (χ2v) is 6.59. The Morgan fingerprint density at radius 3 is 2.44 bits per heavy atom. The fraction of sp³-hybridized carbons (Fsp3) is 0.300. The molecule has 1 saturated carbocycles. The Morgan fingerprint density at radius 2 is 1.80 bits per heavy atom. The van der Waals surface area contributed by atoms with Crippen LogP contribution in [0.1, 0.15) is 28.8 Å². The normalized spacial score (nSPS) is 13.2. The number of anilines is 2. The SMILES string of the molecule is CN(C)c1ccc(CNC(=O)c2cccc(NC(=O)C3CC3)c2)cc1. The molecule has 0 radical (unpaired) electrons. The van der Waals surface area contributed by atoms with Gasteiger partial charge in [-0.2, -0.15) is 0 Å². The van der Waals surface area contributed by atoms with Crippen LogP contribution in [0.5, 0.6) is 0 Å². The maximum absolute atomic E-state index is 12.3. The largest absolute Gasteiger partial charge is 0.378 e. The molecule has 0 aromatic heterocycles. The highest BCUT2D eigenvalue weighted by Gasteiger charge is 2.29. The van der Waals surface area contributed by atoms with Crippen LogP contribution >= 0.6 is 0 Å². The van der Waals surface area contributed by atoms with Crippen LogP contribution in [0.15, 0.2) is 48.5 Å². The van der Waals surface area contributed by atoms with Gasteiger partial charge in [-0.05, 0) is 48.7 Å². The average molecular weight is 337 g/mol. The summed E-state index contributed by atoms with van der Waals surface area (Å²) in [6.45, 7) is 0.463. The summed E-state index contributed by atoms with van der Waals surface area (Å²) in [5.74, 6) is 0.0281. The number of benzene rings is 2. The molecule has 0 bridgehead atoms. The molecule has 25 heavy (non-hydrogen) atoms. The topological polar surface area (TPSA) is 61.4 Å². The van der Waals surface area contributed by atoms with Crippen LogP contribution in [0, 0.1) is 5.92 Å². The fourth-order valence-corrected chi connectivity index (χ4v) is 2.52. The van der Waals surface area contributed by atoms with Gasteiger partial charge in [0.15, 0.2) is 0 Å². The molecule has 0 atom stereocenters. The first-order valence-corrected chi connectivity index (χ1v) is 8.48. The lowest BCUT2D eigenvalue weighted by Gasteiger charge is -2.13. The van der Waals surface area contributed by atoms with Gasteiger partial charge in [-0.3, -0.25) is 9.59 Å². The molecule has 2 N–H and O–H groups in total. The van der Waals surface area contributed by atoms with E-state index in [1.54, 1.807) is 24.3 Å². The van der Waals surface area contributed by atoms with Crippen molar-refractivity contribution in [3.8, 4) is 0 Å². The standard InChI is InChI=1S/C20H23N3O2/c1-23(2)18-10-6-14(7-11-18)13-21-19(24)16-4-3-5-17(12-16)22-20(25)15-8-9-15/h3-7,10-12,15H,8-9,13H2,1-2H3,(H,21,24)(H,22,25). The minimum Gasteiger partial charge on any atom is -0.378 e. The quantitative estimate of drug-likeness (QED) is 0.852. The highest BCUT2D eigenvalue weighted by molar-refractivity contribution is 5.98. The number of amides is 2. The van der Waals surface area contributed by atoms with Crippen LogP contribution in [-0.4, -0.2) is 25.9 Å². The van der Waals surface area contributed by atoms with Crippen molar-refractivity contribution in [1.82, 2.24) is 5.32 Å². The van der Waals surface area contributed by atoms with E-state index in [-0.39, 0.29) is 17.7 Å². The predicted molar refractivity (Wildman–Crippen MR) is 99.7 cm³/mol. The van der Waals surface area contributed by atoms with Gasteiger partial charge < -0.3 is 15.5 Å². The molecule has 5 nitrogen and oxygen atoms in total. The molecular weight excluding hydrogens is 314 g/mol. The summed E-state index contributed by atoms with van der Waals surface area (Å²) in [4.78, 5) is 26.2. The number of nitrogens with zero attached hydrogens (tertiary/aromatic N) is 1. The summed E-state index contributed by atoms with van der Waals surface area (Å²) in [6.07, 6.45) is 1.91. The Labute approximate surface area is 148 Å². The molecular formula is C20H23N3O2. The molecule has 2 amide bonds. The van der Waals surface area contributed by atoms with Crippen molar-refractivity contribution in [3.05, 3.63) is 59.7 Å². The molecule has 130 valence electrons. The lowest BCUT2D eigenvalue weighted by molar-refractivity contribution is -0.117. The van der Waals surface area contributed by atoms with Gasteiger partial charge in [-0.25, -0.2) is 0 Å². The monoisotopic (exact) mass is 337 g/mol. The Hall–Kier alpha value is -2.82. The Bertz CT molecular complexity index is 765. The van der Waals surface area contributed by atoms with Crippen LogP contribution in [0.25, 0.3) is 0 Å². The molecule has 0 spiro atoms. The smallest absolute Gasteiger partial charge is 0.251 e. The molecule has 0 unspecified atom stereocenters. The third-order valence-corrected chi connectivity index (χ3v) is 4.25. The van der Waals surface area contributed by atoms with Crippen LogP contribution in [0.3, 0.4) is 0 Å². The zero-order valence-corrected chi connectivity index (χ0v) is 14.6. The van der Waals surface area contributed by atoms with E-state index in [9.17, 15) is 9.59 Å². The van der Waals surface area contributed by atoms with Crippen LogP contribution in [0.4, 0.5) is 11.4 Å². The minimum atomic E-state index is -0.154. The van der Waals surface area contributed by atoms with Gasteiger partial charge >= 0.3 is 0 Å². The molecule has 1 aliphatic carbocycles. The Balaban J connectivity index is 1.58. The number of rotatable bonds is 6. The van der Waals surface area contributed by atoms with Gasteiger partial charge in [0.1, 0.15) is 0 Å². The van der Waals surface area contributed by atoms with Crippen LogP contribution in [-0.2, 0) is 11.3 Å². The van der Waals surface area contributed by atoms with Crippen LogP contribution < -0.4 is 15.5 Å². The lowest BCUT2D eigenvalue weighted by Crippen LogP contribution is -2.23. The van der Waals surface area contributed by atoms with Crippen molar-refractivity contribution in [3.63, 3.8) is 0 Å². The van der Waals surface area contributed by atoms with E-state index < -0.39 is 0 Å². The highest BCUT2D eigenvalue weighted by Crippen LogP contribution is 2.30. The van der Waals surface area contributed by atoms with Gasteiger partial charge in [0.2, 0.25) is 5.91 Å². The van der Waals surface area contributed by atoms with Gasteiger partial charge in [-0.15, -0.1) is 0 Å². The average Bonchev–Trinajstić information content (AvgIpc) is 3.45. The van der Waals surface area contributed by atoms with E-state index in [0.717, 1.165) is 24.1 Å². The predicted octanol–water partition coefficient (Wildman–Crippen LogP) is 3.03. The minimum absolute atomic E-state index is 0.0403. The fourth-order valence-electron chi connectivity index (χ4n) is 2.52. The Morgan fingerprint density at radius 1 is 1.08 bits per heavy atom. The molecule has 2 aromatic carbocycles. The van der Waals surface area contributed by atoms with Gasteiger partial charge in [0.05, 0.1) is 0 Å².